The zero-order chi connectivity index (χ0) is 22.4. The van der Waals surface area contributed by atoms with Crippen LogP contribution in [0.15, 0.2) is 48.9 Å². The number of halogens is 1. The number of benzene rings is 2. The second kappa shape index (κ2) is 8.13. The molecule has 0 bridgehead atoms. The minimum absolute atomic E-state index is 0.424. The third-order valence-corrected chi connectivity index (χ3v) is 6.31. The summed E-state index contributed by atoms with van der Waals surface area (Å²) in [6, 6.07) is 9.38. The predicted octanol–water partition coefficient (Wildman–Crippen LogP) is 4.83. The molecule has 8 nitrogen and oxygen atoms in total. The quantitative estimate of drug-likeness (QED) is 0.391. The first-order chi connectivity index (χ1) is 16.1. The average Bonchev–Trinajstić information content (AvgIpc) is 3.40. The number of aromatic amines is 1. The normalized spacial score (nSPS) is 14.1. The number of rotatable bonds is 6. The molecular formula is C24H22ClN7O. The van der Waals surface area contributed by atoms with Crippen molar-refractivity contribution in [1.82, 2.24) is 34.6 Å². The van der Waals surface area contributed by atoms with Gasteiger partial charge in [0.1, 0.15) is 27.9 Å². The molecule has 1 N–H and O–H groups in total. The number of H-pyrrole nitrogens is 1. The lowest BCUT2D eigenvalue weighted by molar-refractivity contribution is 0.172. The lowest BCUT2D eigenvalue weighted by atomic mass is 10.2. The molecule has 0 aliphatic carbocycles. The highest BCUT2D eigenvalue weighted by molar-refractivity contribution is 6.36. The van der Waals surface area contributed by atoms with Crippen molar-refractivity contribution in [2.24, 2.45) is 0 Å². The third kappa shape index (κ3) is 3.92. The number of fused-ring (bicyclic) bond motifs is 2. The van der Waals surface area contributed by atoms with Gasteiger partial charge >= 0.3 is 0 Å². The van der Waals surface area contributed by atoms with Crippen molar-refractivity contribution in [3.8, 4) is 22.8 Å². The molecule has 0 spiro atoms. The van der Waals surface area contributed by atoms with Gasteiger partial charge in [-0.3, -0.25) is 9.67 Å². The molecule has 6 rings (SSSR count). The van der Waals surface area contributed by atoms with Crippen LogP contribution in [0.4, 0.5) is 0 Å². The molecular weight excluding hydrogens is 438 g/mol. The Bertz CT molecular complexity index is 1470. The molecule has 166 valence electrons. The topological polar surface area (TPSA) is 84.8 Å². The highest BCUT2D eigenvalue weighted by Crippen LogP contribution is 2.35. The fourth-order valence-corrected chi connectivity index (χ4v) is 4.26. The minimum atomic E-state index is 0.424. The molecule has 2 aromatic carbocycles. The largest absolute Gasteiger partial charge is 0.456 e. The van der Waals surface area contributed by atoms with Crippen LogP contribution in [0.1, 0.15) is 12.2 Å². The molecule has 1 aliphatic heterocycles. The molecule has 1 saturated heterocycles. The van der Waals surface area contributed by atoms with Gasteiger partial charge in [0.15, 0.2) is 0 Å². The summed E-state index contributed by atoms with van der Waals surface area (Å²) in [5.41, 5.74) is 4.75. The van der Waals surface area contributed by atoms with E-state index in [-0.39, 0.29) is 0 Å². The SMILES string of the molecule is Cc1nc2ccc(Oc3ccc4ncc(-c5cnn(CCN6CCC6)c5)nc4c3Cl)cc2[nH]1. The summed E-state index contributed by atoms with van der Waals surface area (Å²) in [7, 11) is 0. The van der Waals surface area contributed by atoms with Crippen LogP contribution in [-0.4, -0.2) is 54.3 Å². The van der Waals surface area contributed by atoms with Crippen molar-refractivity contribution in [1.29, 1.82) is 0 Å². The van der Waals surface area contributed by atoms with E-state index in [1.807, 2.05) is 54.3 Å². The van der Waals surface area contributed by atoms with E-state index in [0.717, 1.165) is 41.2 Å². The zero-order valence-corrected chi connectivity index (χ0v) is 18.9. The highest BCUT2D eigenvalue weighted by Gasteiger charge is 2.15. The lowest BCUT2D eigenvalue weighted by Gasteiger charge is -2.30. The Labute approximate surface area is 195 Å². The molecule has 5 aromatic rings. The van der Waals surface area contributed by atoms with Crippen molar-refractivity contribution in [2.45, 2.75) is 19.9 Å². The second-order valence-corrected chi connectivity index (χ2v) is 8.67. The van der Waals surface area contributed by atoms with Crippen LogP contribution in [-0.2, 0) is 6.54 Å². The van der Waals surface area contributed by atoms with Crippen LogP contribution in [0.5, 0.6) is 11.5 Å². The molecule has 1 aliphatic rings. The molecule has 0 amide bonds. The molecule has 1 fully saturated rings. The number of ether oxygens (including phenoxy) is 1. The lowest BCUT2D eigenvalue weighted by Crippen LogP contribution is -2.39. The van der Waals surface area contributed by atoms with Crippen molar-refractivity contribution < 1.29 is 4.74 Å². The fourth-order valence-electron chi connectivity index (χ4n) is 4.02. The summed E-state index contributed by atoms with van der Waals surface area (Å²) in [6.07, 6.45) is 6.87. The summed E-state index contributed by atoms with van der Waals surface area (Å²) in [6.45, 7) is 6.17. The monoisotopic (exact) mass is 459 g/mol. The van der Waals surface area contributed by atoms with E-state index >= 15 is 0 Å². The maximum atomic E-state index is 6.71. The number of hydrogen-bond donors (Lipinski definition) is 1. The number of likely N-dealkylation sites (tertiary alicyclic amines) is 1. The molecule has 33 heavy (non-hydrogen) atoms. The van der Waals surface area contributed by atoms with Gasteiger partial charge in [0.2, 0.25) is 0 Å². The van der Waals surface area contributed by atoms with Gasteiger partial charge in [-0.05, 0) is 50.7 Å². The average molecular weight is 460 g/mol. The van der Waals surface area contributed by atoms with E-state index in [2.05, 4.69) is 25.0 Å². The molecule has 0 saturated carbocycles. The number of aromatic nitrogens is 6. The van der Waals surface area contributed by atoms with E-state index in [4.69, 9.17) is 21.3 Å². The standard InChI is InChI=1S/C24H22ClN7O/c1-15-28-18-4-3-17(11-20(18)29-15)33-22-6-5-19-24(23(22)25)30-21(13-26-19)16-12-27-32(14-16)10-9-31-7-2-8-31/h3-6,11-14H,2,7-10H2,1H3,(H,28,29). The predicted molar refractivity (Wildman–Crippen MR) is 128 cm³/mol. The van der Waals surface area contributed by atoms with Crippen LogP contribution in [0.25, 0.3) is 33.3 Å². The Morgan fingerprint density at radius 1 is 1.06 bits per heavy atom. The summed E-state index contributed by atoms with van der Waals surface area (Å²) in [5.74, 6) is 2.05. The second-order valence-electron chi connectivity index (χ2n) is 8.29. The van der Waals surface area contributed by atoms with E-state index in [9.17, 15) is 0 Å². The molecule has 0 unspecified atom stereocenters. The smallest absolute Gasteiger partial charge is 0.148 e. The van der Waals surface area contributed by atoms with Crippen molar-refractivity contribution in [2.75, 3.05) is 19.6 Å². The third-order valence-electron chi connectivity index (χ3n) is 5.94. The Morgan fingerprint density at radius 3 is 2.79 bits per heavy atom. The summed E-state index contributed by atoms with van der Waals surface area (Å²) < 4.78 is 8.04. The number of nitrogens with one attached hydrogen (secondary N) is 1. The van der Waals surface area contributed by atoms with Crippen LogP contribution in [0.3, 0.4) is 0 Å². The van der Waals surface area contributed by atoms with Gasteiger partial charge in [0.05, 0.1) is 41.2 Å². The number of hydrogen-bond acceptors (Lipinski definition) is 6. The first-order valence-corrected chi connectivity index (χ1v) is 11.3. The van der Waals surface area contributed by atoms with Gasteiger partial charge in [0.25, 0.3) is 0 Å². The first-order valence-electron chi connectivity index (χ1n) is 11.0. The molecule has 0 atom stereocenters. The fraction of sp³-hybridized carbons (Fsp3) is 0.250. The minimum Gasteiger partial charge on any atom is -0.456 e. The summed E-state index contributed by atoms with van der Waals surface area (Å²) in [5, 5.41) is 4.91. The Hall–Kier alpha value is -3.49. The van der Waals surface area contributed by atoms with Gasteiger partial charge in [-0.25, -0.2) is 9.97 Å². The summed E-state index contributed by atoms with van der Waals surface area (Å²) in [4.78, 5) is 19.4. The number of aryl methyl sites for hydroxylation is 1. The van der Waals surface area contributed by atoms with Crippen LogP contribution >= 0.6 is 11.6 Å². The molecule has 0 radical (unpaired) electrons. The van der Waals surface area contributed by atoms with Gasteiger partial charge in [-0.15, -0.1) is 0 Å². The van der Waals surface area contributed by atoms with E-state index in [1.165, 1.54) is 19.5 Å². The first kappa shape index (κ1) is 20.1. The molecule has 4 heterocycles. The van der Waals surface area contributed by atoms with Crippen LogP contribution in [0, 0.1) is 6.92 Å². The van der Waals surface area contributed by atoms with Crippen LogP contribution in [0.2, 0.25) is 5.02 Å². The molecule has 9 heteroatoms. The van der Waals surface area contributed by atoms with Gasteiger partial charge in [-0.2, -0.15) is 5.10 Å². The maximum Gasteiger partial charge on any atom is 0.148 e. The molecule has 3 aromatic heterocycles. The summed E-state index contributed by atoms with van der Waals surface area (Å²) >= 11 is 6.71. The van der Waals surface area contributed by atoms with Crippen molar-refractivity contribution in [3.63, 3.8) is 0 Å². The van der Waals surface area contributed by atoms with Gasteiger partial charge in [-0.1, -0.05) is 11.6 Å². The van der Waals surface area contributed by atoms with E-state index in [1.54, 1.807) is 6.20 Å². The highest BCUT2D eigenvalue weighted by atomic mass is 35.5. The van der Waals surface area contributed by atoms with Crippen LogP contribution < -0.4 is 4.74 Å². The Kier molecular flexibility index (Phi) is 4.96. The Balaban J connectivity index is 1.28. The number of imidazole rings is 1. The van der Waals surface area contributed by atoms with E-state index in [0.29, 0.717) is 27.6 Å². The van der Waals surface area contributed by atoms with E-state index < -0.39 is 0 Å². The van der Waals surface area contributed by atoms with Gasteiger partial charge in [0, 0.05) is 24.4 Å². The van der Waals surface area contributed by atoms with Crippen molar-refractivity contribution in [3.05, 3.63) is 59.8 Å². The Morgan fingerprint density at radius 2 is 1.94 bits per heavy atom. The van der Waals surface area contributed by atoms with Gasteiger partial charge < -0.3 is 14.6 Å². The zero-order valence-electron chi connectivity index (χ0n) is 18.1. The van der Waals surface area contributed by atoms with Crippen molar-refractivity contribution >= 4 is 33.7 Å². The maximum absolute atomic E-state index is 6.71. The number of nitrogens with zero attached hydrogens (tertiary/aromatic N) is 6.